The summed E-state index contributed by atoms with van der Waals surface area (Å²) in [5, 5.41) is 2.12. The number of pyridine rings is 1. The molecule has 4 heteroatoms. The Kier molecular flexibility index (Phi) is 4.18. The standard InChI is InChI=1S/C13H15BrN2S/c1-10(9-11-5-4-8-17-11)16(2)13-12(14)6-3-7-15-13/h3-8,10H,9H2,1-2H3. The fourth-order valence-electron chi connectivity index (χ4n) is 1.70. The minimum Gasteiger partial charge on any atom is -0.356 e. The largest absolute Gasteiger partial charge is 0.356 e. The molecule has 0 aliphatic carbocycles. The minimum absolute atomic E-state index is 0.430. The van der Waals surface area contributed by atoms with Gasteiger partial charge in [-0.3, -0.25) is 0 Å². The maximum atomic E-state index is 4.41. The lowest BCUT2D eigenvalue weighted by Crippen LogP contribution is -2.31. The van der Waals surface area contributed by atoms with E-state index < -0.39 is 0 Å². The first-order chi connectivity index (χ1) is 8.18. The third-order valence-electron chi connectivity index (χ3n) is 2.81. The Morgan fingerprint density at radius 2 is 2.24 bits per heavy atom. The van der Waals surface area contributed by atoms with Gasteiger partial charge in [-0.2, -0.15) is 0 Å². The zero-order valence-corrected chi connectivity index (χ0v) is 12.3. The Morgan fingerprint density at radius 3 is 2.88 bits per heavy atom. The van der Waals surface area contributed by atoms with E-state index in [9.17, 15) is 0 Å². The lowest BCUT2D eigenvalue weighted by Gasteiger charge is -2.26. The van der Waals surface area contributed by atoms with Gasteiger partial charge in [-0.05, 0) is 46.4 Å². The van der Waals surface area contributed by atoms with Gasteiger partial charge in [-0.25, -0.2) is 4.98 Å². The number of thiophene rings is 1. The molecule has 1 atom stereocenters. The fourth-order valence-corrected chi connectivity index (χ4v) is 3.06. The van der Waals surface area contributed by atoms with E-state index in [1.54, 1.807) is 0 Å². The summed E-state index contributed by atoms with van der Waals surface area (Å²) < 4.78 is 1.04. The average Bonchev–Trinajstić information content (AvgIpc) is 2.81. The summed E-state index contributed by atoms with van der Waals surface area (Å²) >= 11 is 5.35. The van der Waals surface area contributed by atoms with Gasteiger partial charge in [0.25, 0.3) is 0 Å². The molecule has 2 aromatic rings. The van der Waals surface area contributed by atoms with Crippen LogP contribution in [-0.2, 0) is 6.42 Å². The Labute approximate surface area is 114 Å². The highest BCUT2D eigenvalue weighted by atomic mass is 79.9. The Bertz CT molecular complexity index is 470. The van der Waals surface area contributed by atoms with Crippen LogP contribution in [0.4, 0.5) is 5.82 Å². The lowest BCUT2D eigenvalue weighted by atomic mass is 10.2. The molecule has 0 N–H and O–H groups in total. The maximum absolute atomic E-state index is 4.41. The van der Waals surface area contributed by atoms with Gasteiger partial charge in [0.15, 0.2) is 0 Å². The quantitative estimate of drug-likeness (QED) is 0.849. The van der Waals surface area contributed by atoms with Crippen molar-refractivity contribution in [3.8, 4) is 0 Å². The topological polar surface area (TPSA) is 16.1 Å². The second-order valence-electron chi connectivity index (χ2n) is 4.05. The van der Waals surface area contributed by atoms with Crippen LogP contribution in [-0.4, -0.2) is 18.1 Å². The predicted molar refractivity (Wildman–Crippen MR) is 77.8 cm³/mol. The molecule has 17 heavy (non-hydrogen) atoms. The van der Waals surface area contributed by atoms with Gasteiger partial charge in [0.1, 0.15) is 5.82 Å². The van der Waals surface area contributed by atoms with E-state index in [0.29, 0.717) is 6.04 Å². The molecule has 1 unspecified atom stereocenters. The van der Waals surface area contributed by atoms with Gasteiger partial charge < -0.3 is 4.90 Å². The van der Waals surface area contributed by atoms with Crippen molar-refractivity contribution >= 4 is 33.1 Å². The van der Waals surface area contributed by atoms with Crippen molar-refractivity contribution in [2.24, 2.45) is 0 Å². The summed E-state index contributed by atoms with van der Waals surface area (Å²) in [5.74, 6) is 0.997. The summed E-state index contributed by atoms with van der Waals surface area (Å²) in [6, 6.07) is 8.67. The number of hydrogen-bond acceptors (Lipinski definition) is 3. The SMILES string of the molecule is CC(Cc1cccs1)N(C)c1ncccc1Br. The molecule has 0 aromatic carbocycles. The highest BCUT2D eigenvalue weighted by Gasteiger charge is 2.14. The zero-order chi connectivity index (χ0) is 12.3. The van der Waals surface area contributed by atoms with Gasteiger partial charge in [-0.15, -0.1) is 11.3 Å². The molecule has 0 saturated carbocycles. The van der Waals surface area contributed by atoms with Crippen molar-refractivity contribution in [1.29, 1.82) is 0 Å². The summed E-state index contributed by atoms with van der Waals surface area (Å²) in [7, 11) is 2.09. The van der Waals surface area contributed by atoms with Gasteiger partial charge >= 0.3 is 0 Å². The smallest absolute Gasteiger partial charge is 0.142 e. The number of nitrogens with zero attached hydrogens (tertiary/aromatic N) is 2. The molecule has 0 saturated heterocycles. The molecule has 2 heterocycles. The van der Waals surface area contributed by atoms with Crippen molar-refractivity contribution in [3.05, 3.63) is 45.2 Å². The van der Waals surface area contributed by atoms with Gasteiger partial charge in [-0.1, -0.05) is 6.07 Å². The van der Waals surface area contributed by atoms with Crippen LogP contribution < -0.4 is 4.90 Å². The minimum atomic E-state index is 0.430. The number of likely N-dealkylation sites (N-methyl/N-ethyl adjacent to an activating group) is 1. The van der Waals surface area contributed by atoms with Crippen molar-refractivity contribution in [2.45, 2.75) is 19.4 Å². The van der Waals surface area contributed by atoms with Crippen molar-refractivity contribution in [1.82, 2.24) is 4.98 Å². The highest BCUT2D eigenvalue weighted by molar-refractivity contribution is 9.10. The molecule has 0 aliphatic rings. The highest BCUT2D eigenvalue weighted by Crippen LogP contribution is 2.24. The van der Waals surface area contributed by atoms with E-state index in [2.05, 4.69) is 57.3 Å². The van der Waals surface area contributed by atoms with E-state index in [4.69, 9.17) is 0 Å². The fraction of sp³-hybridized carbons (Fsp3) is 0.308. The van der Waals surface area contributed by atoms with E-state index in [1.165, 1.54) is 4.88 Å². The van der Waals surface area contributed by atoms with E-state index in [0.717, 1.165) is 16.7 Å². The molecule has 0 amide bonds. The molecule has 0 bridgehead atoms. The van der Waals surface area contributed by atoms with Crippen LogP contribution in [0, 0.1) is 0 Å². The van der Waals surface area contributed by atoms with Crippen LogP contribution in [0.5, 0.6) is 0 Å². The molecular weight excluding hydrogens is 296 g/mol. The molecule has 2 aromatic heterocycles. The third kappa shape index (κ3) is 3.07. The molecule has 0 spiro atoms. The van der Waals surface area contributed by atoms with Crippen LogP contribution >= 0.6 is 27.3 Å². The molecule has 2 nitrogen and oxygen atoms in total. The monoisotopic (exact) mass is 310 g/mol. The second kappa shape index (κ2) is 5.65. The summed E-state index contributed by atoms with van der Waals surface area (Å²) in [5.41, 5.74) is 0. The normalized spacial score (nSPS) is 12.4. The second-order valence-corrected chi connectivity index (χ2v) is 5.94. The predicted octanol–water partition coefficient (Wildman–Crippen LogP) is 3.97. The summed E-state index contributed by atoms with van der Waals surface area (Å²) in [6.45, 7) is 2.22. The number of halogens is 1. The molecule has 90 valence electrons. The average molecular weight is 311 g/mol. The van der Waals surface area contributed by atoms with Crippen LogP contribution in [0.3, 0.4) is 0 Å². The molecule has 0 aliphatic heterocycles. The number of rotatable bonds is 4. The van der Waals surface area contributed by atoms with Crippen LogP contribution in [0.2, 0.25) is 0 Å². The molecule has 2 rings (SSSR count). The van der Waals surface area contributed by atoms with Crippen LogP contribution in [0.1, 0.15) is 11.8 Å². The Hall–Kier alpha value is -0.870. The van der Waals surface area contributed by atoms with Gasteiger partial charge in [0, 0.05) is 30.6 Å². The number of hydrogen-bond donors (Lipinski definition) is 0. The first kappa shape index (κ1) is 12.6. The lowest BCUT2D eigenvalue weighted by molar-refractivity contribution is 0.679. The Balaban J connectivity index is 2.09. The van der Waals surface area contributed by atoms with E-state index in [-0.39, 0.29) is 0 Å². The molecular formula is C13H15BrN2S. The van der Waals surface area contributed by atoms with Crippen LogP contribution in [0.25, 0.3) is 0 Å². The first-order valence-electron chi connectivity index (χ1n) is 5.54. The van der Waals surface area contributed by atoms with Crippen LogP contribution in [0.15, 0.2) is 40.3 Å². The first-order valence-corrected chi connectivity index (χ1v) is 7.21. The maximum Gasteiger partial charge on any atom is 0.142 e. The number of anilines is 1. The van der Waals surface area contributed by atoms with Crippen molar-refractivity contribution in [3.63, 3.8) is 0 Å². The van der Waals surface area contributed by atoms with E-state index >= 15 is 0 Å². The molecule has 0 fully saturated rings. The number of aromatic nitrogens is 1. The van der Waals surface area contributed by atoms with Crippen molar-refractivity contribution in [2.75, 3.05) is 11.9 Å². The summed E-state index contributed by atoms with van der Waals surface area (Å²) in [4.78, 5) is 8.04. The van der Waals surface area contributed by atoms with Gasteiger partial charge in [0.05, 0.1) is 4.47 Å². The third-order valence-corrected chi connectivity index (χ3v) is 4.33. The zero-order valence-electron chi connectivity index (χ0n) is 9.93. The van der Waals surface area contributed by atoms with Gasteiger partial charge in [0.2, 0.25) is 0 Å². The molecule has 0 radical (unpaired) electrons. The Morgan fingerprint density at radius 1 is 1.41 bits per heavy atom. The van der Waals surface area contributed by atoms with Crippen molar-refractivity contribution < 1.29 is 0 Å². The summed E-state index contributed by atoms with van der Waals surface area (Å²) in [6.07, 6.45) is 2.88. The van der Waals surface area contributed by atoms with E-state index in [1.807, 2.05) is 29.7 Å².